The van der Waals surface area contributed by atoms with Crippen LogP contribution in [0.4, 0.5) is 4.39 Å². The van der Waals surface area contributed by atoms with Gasteiger partial charge in [0, 0.05) is 5.56 Å². The van der Waals surface area contributed by atoms with E-state index in [0.29, 0.717) is 17.0 Å². The van der Waals surface area contributed by atoms with Crippen molar-refractivity contribution in [1.29, 1.82) is 0 Å². The number of aryl methyl sites for hydroxylation is 2. The predicted octanol–water partition coefficient (Wildman–Crippen LogP) is 2.89. The Labute approximate surface area is 181 Å². The SMILES string of the molecule is Cc1ccc(-c2noc(Cn3cnc4c(nnn4Cc4cccc(F)c4)c3=O)n2)cc1C. The molecule has 0 radical (unpaired) electrons. The van der Waals surface area contributed by atoms with E-state index >= 15 is 0 Å². The minimum Gasteiger partial charge on any atom is -0.337 e. The van der Waals surface area contributed by atoms with Gasteiger partial charge in [0.15, 0.2) is 11.2 Å². The summed E-state index contributed by atoms with van der Waals surface area (Å²) in [5.41, 5.74) is 3.87. The molecular weight excluding hydrogens is 413 g/mol. The van der Waals surface area contributed by atoms with Gasteiger partial charge in [-0.25, -0.2) is 14.1 Å². The largest absolute Gasteiger partial charge is 0.337 e. The molecule has 160 valence electrons. The van der Waals surface area contributed by atoms with Crippen LogP contribution >= 0.6 is 0 Å². The summed E-state index contributed by atoms with van der Waals surface area (Å²) in [4.78, 5) is 21.6. The van der Waals surface area contributed by atoms with E-state index in [0.717, 1.165) is 11.1 Å². The lowest BCUT2D eigenvalue weighted by molar-refractivity contribution is 0.369. The third-order valence-electron chi connectivity index (χ3n) is 5.25. The normalized spacial score (nSPS) is 11.3. The van der Waals surface area contributed by atoms with Crippen molar-refractivity contribution in [2.75, 3.05) is 0 Å². The number of hydrogen-bond acceptors (Lipinski definition) is 7. The fourth-order valence-corrected chi connectivity index (χ4v) is 3.38. The number of aromatic nitrogens is 7. The summed E-state index contributed by atoms with van der Waals surface area (Å²) < 4.78 is 21.6. The molecule has 5 rings (SSSR count). The molecule has 9 nitrogen and oxygen atoms in total. The maximum Gasteiger partial charge on any atom is 0.283 e. The van der Waals surface area contributed by atoms with Crippen LogP contribution in [0.2, 0.25) is 0 Å². The number of rotatable bonds is 5. The van der Waals surface area contributed by atoms with E-state index < -0.39 is 0 Å². The zero-order chi connectivity index (χ0) is 22.2. The first-order valence-corrected chi connectivity index (χ1v) is 9.91. The molecule has 0 saturated heterocycles. The van der Waals surface area contributed by atoms with Crippen LogP contribution in [0.3, 0.4) is 0 Å². The number of benzene rings is 2. The summed E-state index contributed by atoms with van der Waals surface area (Å²) in [5, 5.41) is 12.0. The molecule has 2 aromatic carbocycles. The summed E-state index contributed by atoms with van der Waals surface area (Å²) in [6, 6.07) is 12.0. The average molecular weight is 431 g/mol. The summed E-state index contributed by atoms with van der Waals surface area (Å²) >= 11 is 0. The van der Waals surface area contributed by atoms with Crippen molar-refractivity contribution in [3.63, 3.8) is 0 Å². The van der Waals surface area contributed by atoms with Gasteiger partial charge in [-0.2, -0.15) is 4.98 Å². The standard InChI is InChI=1S/C22H18FN7O2/c1-13-6-7-16(8-14(13)2)20-25-18(32-27-20)11-29-12-24-21-19(22(29)31)26-28-30(21)10-15-4-3-5-17(23)9-15/h3-9,12H,10-11H2,1-2H3. The molecule has 0 spiro atoms. The summed E-state index contributed by atoms with van der Waals surface area (Å²) in [6.45, 7) is 4.34. The molecule has 0 bridgehead atoms. The highest BCUT2D eigenvalue weighted by Gasteiger charge is 2.15. The van der Waals surface area contributed by atoms with Gasteiger partial charge in [-0.15, -0.1) is 5.10 Å². The van der Waals surface area contributed by atoms with Gasteiger partial charge in [-0.05, 0) is 48.7 Å². The van der Waals surface area contributed by atoms with Gasteiger partial charge in [0.2, 0.25) is 11.7 Å². The van der Waals surface area contributed by atoms with E-state index in [-0.39, 0.29) is 35.9 Å². The van der Waals surface area contributed by atoms with Crippen LogP contribution in [0.15, 0.2) is 58.1 Å². The van der Waals surface area contributed by atoms with Gasteiger partial charge < -0.3 is 4.52 Å². The van der Waals surface area contributed by atoms with Gasteiger partial charge in [-0.3, -0.25) is 9.36 Å². The topological polar surface area (TPSA) is 105 Å². The van der Waals surface area contributed by atoms with Gasteiger partial charge in [0.25, 0.3) is 5.56 Å². The van der Waals surface area contributed by atoms with Crippen LogP contribution in [-0.2, 0) is 13.1 Å². The molecule has 10 heteroatoms. The lowest BCUT2D eigenvalue weighted by atomic mass is 10.1. The van der Waals surface area contributed by atoms with Crippen LogP contribution in [0, 0.1) is 19.7 Å². The maximum atomic E-state index is 13.4. The first kappa shape index (κ1) is 19.7. The molecule has 3 heterocycles. The molecule has 32 heavy (non-hydrogen) atoms. The molecule has 0 amide bonds. The second kappa shape index (κ2) is 7.80. The molecule has 3 aromatic heterocycles. The first-order valence-electron chi connectivity index (χ1n) is 9.91. The van der Waals surface area contributed by atoms with E-state index in [1.165, 1.54) is 33.3 Å². The van der Waals surface area contributed by atoms with Crippen LogP contribution in [0.5, 0.6) is 0 Å². The monoisotopic (exact) mass is 431 g/mol. The summed E-state index contributed by atoms with van der Waals surface area (Å²) in [7, 11) is 0. The smallest absolute Gasteiger partial charge is 0.283 e. The fraction of sp³-hybridized carbons (Fsp3) is 0.182. The van der Waals surface area contributed by atoms with Gasteiger partial charge in [-0.1, -0.05) is 34.6 Å². The quantitative estimate of drug-likeness (QED) is 0.421. The van der Waals surface area contributed by atoms with Crippen molar-refractivity contribution in [2.24, 2.45) is 0 Å². The Bertz CT molecular complexity index is 1500. The third-order valence-corrected chi connectivity index (χ3v) is 5.25. The van der Waals surface area contributed by atoms with Crippen LogP contribution < -0.4 is 5.56 Å². The third kappa shape index (κ3) is 3.66. The molecule has 0 aliphatic carbocycles. The highest BCUT2D eigenvalue weighted by Crippen LogP contribution is 2.19. The minimum absolute atomic E-state index is 0.0520. The summed E-state index contributed by atoms with van der Waals surface area (Å²) in [6.07, 6.45) is 1.38. The molecule has 0 aliphatic rings. The van der Waals surface area contributed by atoms with Crippen LogP contribution in [-0.4, -0.2) is 34.7 Å². The van der Waals surface area contributed by atoms with E-state index in [2.05, 4.69) is 25.4 Å². The van der Waals surface area contributed by atoms with Crippen molar-refractivity contribution in [2.45, 2.75) is 26.9 Å². The highest BCUT2D eigenvalue weighted by molar-refractivity contribution is 5.67. The lowest BCUT2D eigenvalue weighted by Gasteiger charge is -2.04. The Morgan fingerprint density at radius 1 is 1.06 bits per heavy atom. The number of halogens is 1. The van der Waals surface area contributed by atoms with E-state index in [9.17, 15) is 9.18 Å². The summed E-state index contributed by atoms with van der Waals surface area (Å²) in [5.74, 6) is 0.377. The Kier molecular flexibility index (Phi) is 4.81. The van der Waals surface area contributed by atoms with Crippen molar-refractivity contribution >= 4 is 11.2 Å². The van der Waals surface area contributed by atoms with E-state index in [1.807, 2.05) is 32.0 Å². The fourth-order valence-electron chi connectivity index (χ4n) is 3.38. The zero-order valence-electron chi connectivity index (χ0n) is 17.4. The lowest BCUT2D eigenvalue weighted by Crippen LogP contribution is -2.21. The number of nitrogens with zero attached hydrogens (tertiary/aromatic N) is 7. The average Bonchev–Trinajstić information content (AvgIpc) is 3.40. The highest BCUT2D eigenvalue weighted by atomic mass is 19.1. The van der Waals surface area contributed by atoms with Crippen molar-refractivity contribution in [3.05, 3.63) is 87.5 Å². The number of fused-ring (bicyclic) bond motifs is 1. The predicted molar refractivity (Wildman–Crippen MR) is 113 cm³/mol. The van der Waals surface area contributed by atoms with E-state index in [4.69, 9.17) is 4.52 Å². The second-order valence-electron chi connectivity index (χ2n) is 7.54. The zero-order valence-corrected chi connectivity index (χ0v) is 17.4. The molecule has 0 fully saturated rings. The Morgan fingerprint density at radius 2 is 1.94 bits per heavy atom. The molecule has 0 aliphatic heterocycles. The van der Waals surface area contributed by atoms with Gasteiger partial charge in [0.1, 0.15) is 18.7 Å². The minimum atomic E-state index is -0.383. The van der Waals surface area contributed by atoms with Gasteiger partial charge >= 0.3 is 0 Å². The van der Waals surface area contributed by atoms with Crippen LogP contribution in [0.1, 0.15) is 22.6 Å². The van der Waals surface area contributed by atoms with Gasteiger partial charge in [0.05, 0.1) is 6.54 Å². The first-order chi connectivity index (χ1) is 15.5. The second-order valence-corrected chi connectivity index (χ2v) is 7.54. The molecule has 0 unspecified atom stereocenters. The van der Waals surface area contributed by atoms with Crippen LogP contribution in [0.25, 0.3) is 22.6 Å². The Balaban J connectivity index is 1.41. The maximum absolute atomic E-state index is 13.4. The Hall–Kier alpha value is -4.21. The molecule has 0 saturated carbocycles. The molecule has 5 aromatic rings. The molecule has 0 N–H and O–H groups in total. The van der Waals surface area contributed by atoms with Crippen molar-refractivity contribution in [1.82, 2.24) is 34.7 Å². The molecular formula is C22H18FN7O2. The molecule has 0 atom stereocenters. The Morgan fingerprint density at radius 3 is 2.75 bits per heavy atom. The van der Waals surface area contributed by atoms with Crippen molar-refractivity contribution in [3.8, 4) is 11.4 Å². The number of hydrogen-bond donors (Lipinski definition) is 0. The van der Waals surface area contributed by atoms with E-state index in [1.54, 1.807) is 12.1 Å². The van der Waals surface area contributed by atoms with Crippen molar-refractivity contribution < 1.29 is 8.91 Å².